The van der Waals surface area contributed by atoms with Crippen molar-refractivity contribution in [2.75, 3.05) is 24.9 Å². The fraction of sp³-hybridized carbons (Fsp3) is 0.125. The maximum Gasteiger partial charge on any atom is 0.308 e. The molecule has 0 radical (unpaired) electrons. The molecule has 3 aromatic carbocycles. The predicted octanol–water partition coefficient (Wildman–Crippen LogP) is 4.13. The third-order valence-corrected chi connectivity index (χ3v) is 4.35. The highest BCUT2D eigenvalue weighted by Gasteiger charge is 2.12. The summed E-state index contributed by atoms with van der Waals surface area (Å²) in [6.45, 7) is 1.29. The van der Waals surface area contributed by atoms with Crippen LogP contribution in [0.2, 0.25) is 0 Å². The highest BCUT2D eigenvalue weighted by atomic mass is 16.5. The molecule has 8 heteroatoms. The molecule has 0 spiro atoms. The van der Waals surface area contributed by atoms with Crippen LogP contribution in [0.5, 0.6) is 17.2 Å². The molecule has 0 atom stereocenters. The SMILES string of the molecule is COc1cc(OC)cc(C(=O)Nc2cccc(NC(=O)c3cccc(OC(C)=O)c3)c2)c1. The highest BCUT2D eigenvalue weighted by Crippen LogP contribution is 2.24. The minimum absolute atomic E-state index is 0.278. The van der Waals surface area contributed by atoms with Crippen LogP contribution < -0.4 is 24.8 Å². The van der Waals surface area contributed by atoms with Crippen LogP contribution in [0.3, 0.4) is 0 Å². The number of methoxy groups -OCH3 is 2. The van der Waals surface area contributed by atoms with Gasteiger partial charge in [0.2, 0.25) is 0 Å². The molecule has 0 saturated carbocycles. The number of hydrogen-bond donors (Lipinski definition) is 2. The molecule has 0 aliphatic rings. The Bertz CT molecular complexity index is 1140. The van der Waals surface area contributed by atoms with Crippen molar-refractivity contribution >= 4 is 29.2 Å². The van der Waals surface area contributed by atoms with E-state index in [1.165, 1.54) is 27.2 Å². The van der Waals surface area contributed by atoms with E-state index in [0.717, 1.165) is 0 Å². The number of anilines is 2. The zero-order valence-electron chi connectivity index (χ0n) is 17.8. The van der Waals surface area contributed by atoms with Crippen LogP contribution in [0.25, 0.3) is 0 Å². The lowest BCUT2D eigenvalue weighted by molar-refractivity contribution is -0.131. The average Bonchev–Trinajstić information content (AvgIpc) is 2.78. The lowest BCUT2D eigenvalue weighted by atomic mass is 10.1. The van der Waals surface area contributed by atoms with E-state index in [-0.39, 0.29) is 17.6 Å². The maximum absolute atomic E-state index is 12.7. The molecule has 3 rings (SSSR count). The number of carbonyl (C=O) groups is 3. The Balaban J connectivity index is 1.72. The second-order valence-corrected chi connectivity index (χ2v) is 6.71. The number of esters is 1. The quantitative estimate of drug-likeness (QED) is 0.428. The fourth-order valence-electron chi connectivity index (χ4n) is 2.89. The summed E-state index contributed by atoms with van der Waals surface area (Å²) in [5, 5.41) is 5.54. The Morgan fingerprint density at radius 2 is 1.19 bits per heavy atom. The molecule has 3 aromatic rings. The highest BCUT2D eigenvalue weighted by molar-refractivity contribution is 6.06. The van der Waals surface area contributed by atoms with Gasteiger partial charge >= 0.3 is 5.97 Å². The van der Waals surface area contributed by atoms with E-state index in [9.17, 15) is 14.4 Å². The largest absolute Gasteiger partial charge is 0.497 e. The van der Waals surface area contributed by atoms with Crippen LogP contribution in [0, 0.1) is 0 Å². The predicted molar refractivity (Wildman–Crippen MR) is 120 cm³/mol. The van der Waals surface area contributed by atoms with Crippen LogP contribution in [-0.2, 0) is 4.79 Å². The summed E-state index contributed by atoms with van der Waals surface area (Å²) in [4.78, 5) is 36.4. The molecular formula is C24H22N2O6. The van der Waals surface area contributed by atoms with Gasteiger partial charge in [-0.3, -0.25) is 14.4 Å². The maximum atomic E-state index is 12.7. The number of amides is 2. The van der Waals surface area contributed by atoms with Crippen LogP contribution in [-0.4, -0.2) is 32.0 Å². The topological polar surface area (TPSA) is 103 Å². The first-order valence-corrected chi connectivity index (χ1v) is 9.62. The molecule has 2 amide bonds. The number of ether oxygens (including phenoxy) is 3. The van der Waals surface area contributed by atoms with Crippen molar-refractivity contribution in [1.29, 1.82) is 0 Å². The van der Waals surface area contributed by atoms with Crippen LogP contribution in [0.15, 0.2) is 66.7 Å². The van der Waals surface area contributed by atoms with E-state index in [4.69, 9.17) is 14.2 Å². The zero-order chi connectivity index (χ0) is 23.1. The Morgan fingerprint density at radius 1 is 0.656 bits per heavy atom. The molecule has 32 heavy (non-hydrogen) atoms. The number of rotatable bonds is 7. The average molecular weight is 434 g/mol. The lowest BCUT2D eigenvalue weighted by Gasteiger charge is -2.11. The van der Waals surface area contributed by atoms with Gasteiger partial charge in [-0.25, -0.2) is 0 Å². The molecule has 0 unspecified atom stereocenters. The summed E-state index contributed by atoms with van der Waals surface area (Å²) in [6.07, 6.45) is 0. The summed E-state index contributed by atoms with van der Waals surface area (Å²) >= 11 is 0. The Morgan fingerprint density at radius 3 is 1.75 bits per heavy atom. The van der Waals surface area contributed by atoms with Crippen molar-refractivity contribution in [3.05, 3.63) is 77.9 Å². The summed E-state index contributed by atoms with van der Waals surface area (Å²) in [7, 11) is 3.01. The Labute approximate surface area is 185 Å². The van der Waals surface area contributed by atoms with E-state index in [1.54, 1.807) is 60.7 Å². The first kappa shape index (κ1) is 22.4. The van der Waals surface area contributed by atoms with Crippen molar-refractivity contribution in [2.45, 2.75) is 6.92 Å². The monoisotopic (exact) mass is 434 g/mol. The lowest BCUT2D eigenvalue weighted by Crippen LogP contribution is -2.14. The second-order valence-electron chi connectivity index (χ2n) is 6.71. The van der Waals surface area contributed by atoms with Gasteiger partial charge in [0.15, 0.2) is 0 Å². The van der Waals surface area contributed by atoms with Gasteiger partial charge in [0.05, 0.1) is 14.2 Å². The Kier molecular flexibility index (Phi) is 7.07. The summed E-state index contributed by atoms with van der Waals surface area (Å²) in [5.74, 6) is 0.0392. The molecule has 8 nitrogen and oxygen atoms in total. The molecule has 0 aromatic heterocycles. The minimum Gasteiger partial charge on any atom is -0.497 e. The van der Waals surface area contributed by atoms with Crippen LogP contribution in [0.1, 0.15) is 27.6 Å². The molecule has 164 valence electrons. The molecule has 0 fully saturated rings. The Hall–Kier alpha value is -4.33. The fourth-order valence-corrected chi connectivity index (χ4v) is 2.89. The van der Waals surface area contributed by atoms with Crippen molar-refractivity contribution in [3.63, 3.8) is 0 Å². The van der Waals surface area contributed by atoms with E-state index < -0.39 is 5.97 Å². The molecular weight excluding hydrogens is 412 g/mol. The van der Waals surface area contributed by atoms with Gasteiger partial charge in [0.1, 0.15) is 17.2 Å². The standard InChI is InChI=1S/C24H22N2O6/c1-15(27)32-20-9-4-6-16(10-20)23(28)25-18-7-5-8-19(13-18)26-24(29)17-11-21(30-2)14-22(12-17)31-3/h4-14H,1-3H3,(H,25,28)(H,26,29). The van der Waals surface area contributed by atoms with E-state index in [0.29, 0.717) is 34.0 Å². The van der Waals surface area contributed by atoms with Gasteiger partial charge in [0.25, 0.3) is 11.8 Å². The van der Waals surface area contributed by atoms with Gasteiger partial charge in [-0.15, -0.1) is 0 Å². The first-order valence-electron chi connectivity index (χ1n) is 9.62. The number of nitrogens with one attached hydrogen (secondary N) is 2. The van der Waals surface area contributed by atoms with Crippen LogP contribution >= 0.6 is 0 Å². The van der Waals surface area contributed by atoms with E-state index in [2.05, 4.69) is 10.6 Å². The third kappa shape index (κ3) is 5.85. The van der Waals surface area contributed by atoms with Crippen molar-refractivity contribution < 1.29 is 28.6 Å². The third-order valence-electron chi connectivity index (χ3n) is 4.35. The number of hydrogen-bond acceptors (Lipinski definition) is 6. The summed E-state index contributed by atoms with van der Waals surface area (Å²) in [5.41, 5.74) is 1.65. The molecule has 0 heterocycles. The number of benzene rings is 3. The molecule has 0 saturated heterocycles. The first-order chi connectivity index (χ1) is 15.4. The summed E-state index contributed by atoms with van der Waals surface area (Å²) < 4.78 is 15.4. The van der Waals surface area contributed by atoms with Crippen molar-refractivity contribution in [3.8, 4) is 17.2 Å². The van der Waals surface area contributed by atoms with Gasteiger partial charge in [0, 0.05) is 35.5 Å². The van der Waals surface area contributed by atoms with Gasteiger partial charge in [-0.2, -0.15) is 0 Å². The van der Waals surface area contributed by atoms with Crippen molar-refractivity contribution in [1.82, 2.24) is 0 Å². The molecule has 0 aliphatic heterocycles. The smallest absolute Gasteiger partial charge is 0.308 e. The molecule has 0 aliphatic carbocycles. The van der Waals surface area contributed by atoms with Gasteiger partial charge < -0.3 is 24.8 Å². The van der Waals surface area contributed by atoms with Crippen LogP contribution in [0.4, 0.5) is 11.4 Å². The summed E-state index contributed by atoms with van der Waals surface area (Å²) in [6, 6.07) is 17.9. The second kappa shape index (κ2) is 10.1. The van der Waals surface area contributed by atoms with E-state index in [1.807, 2.05) is 0 Å². The minimum atomic E-state index is -0.473. The van der Waals surface area contributed by atoms with Gasteiger partial charge in [-0.05, 0) is 48.5 Å². The number of carbonyl (C=O) groups excluding carboxylic acids is 3. The zero-order valence-corrected chi connectivity index (χ0v) is 17.8. The van der Waals surface area contributed by atoms with Gasteiger partial charge in [-0.1, -0.05) is 12.1 Å². The normalized spacial score (nSPS) is 10.1. The van der Waals surface area contributed by atoms with E-state index >= 15 is 0 Å². The van der Waals surface area contributed by atoms with Crippen molar-refractivity contribution in [2.24, 2.45) is 0 Å². The molecule has 2 N–H and O–H groups in total. The molecule has 0 bridgehead atoms.